The van der Waals surface area contributed by atoms with Gasteiger partial charge in [0, 0.05) is 25.6 Å². The number of nitrogens with zero attached hydrogens (tertiary/aromatic N) is 2. The van der Waals surface area contributed by atoms with Gasteiger partial charge in [-0.15, -0.1) is 0 Å². The average molecular weight is 421 g/mol. The summed E-state index contributed by atoms with van der Waals surface area (Å²) < 4.78 is 0. The molecular weight excluding hydrogens is 392 g/mol. The van der Waals surface area contributed by atoms with Crippen molar-refractivity contribution in [1.29, 1.82) is 0 Å². The Morgan fingerprint density at radius 1 is 1.10 bits per heavy atom. The van der Waals surface area contributed by atoms with E-state index < -0.39 is 0 Å². The van der Waals surface area contributed by atoms with Crippen LogP contribution in [0.5, 0.6) is 0 Å². The summed E-state index contributed by atoms with van der Waals surface area (Å²) in [6.07, 6.45) is 1.28. The number of carbonyl (C=O) groups excluding carboxylic acids is 2. The molecular formula is C24H28N4O3. The highest BCUT2D eigenvalue weighted by molar-refractivity contribution is 5.95. The van der Waals surface area contributed by atoms with Crippen molar-refractivity contribution >= 4 is 28.4 Å². The Labute approximate surface area is 181 Å². The van der Waals surface area contributed by atoms with Crippen LogP contribution in [0.2, 0.25) is 0 Å². The van der Waals surface area contributed by atoms with Gasteiger partial charge < -0.3 is 15.2 Å². The van der Waals surface area contributed by atoms with Crippen LogP contribution in [-0.4, -0.2) is 40.3 Å². The highest BCUT2D eigenvalue weighted by Gasteiger charge is 2.15. The van der Waals surface area contributed by atoms with Crippen molar-refractivity contribution < 1.29 is 9.59 Å². The maximum Gasteiger partial charge on any atom is 0.258 e. The number of hydrogen-bond acceptors (Lipinski definition) is 4. The number of likely N-dealkylation sites (N-methyl/N-ethyl adjacent to an activating group) is 1. The van der Waals surface area contributed by atoms with Crippen LogP contribution in [0.1, 0.15) is 35.4 Å². The first-order valence-corrected chi connectivity index (χ1v) is 10.3. The summed E-state index contributed by atoms with van der Waals surface area (Å²) in [4.78, 5) is 45.6. The lowest BCUT2D eigenvalue weighted by Crippen LogP contribution is -2.35. The second-order valence-electron chi connectivity index (χ2n) is 7.96. The van der Waals surface area contributed by atoms with Crippen LogP contribution in [0.15, 0.2) is 41.2 Å². The molecule has 0 aliphatic heterocycles. The predicted octanol–water partition coefficient (Wildman–Crippen LogP) is 3.27. The summed E-state index contributed by atoms with van der Waals surface area (Å²) in [7, 11) is 1.62. The summed E-state index contributed by atoms with van der Waals surface area (Å²) in [6, 6.07) is 11.2. The zero-order valence-corrected chi connectivity index (χ0v) is 18.4. The van der Waals surface area contributed by atoms with Crippen molar-refractivity contribution in [3.8, 4) is 0 Å². The van der Waals surface area contributed by atoms with Gasteiger partial charge >= 0.3 is 0 Å². The molecule has 2 amide bonds. The zero-order chi connectivity index (χ0) is 22.5. The Kier molecular flexibility index (Phi) is 6.84. The average Bonchev–Trinajstić information content (AvgIpc) is 2.70. The fourth-order valence-electron chi connectivity index (χ4n) is 3.71. The second-order valence-corrected chi connectivity index (χ2v) is 7.96. The predicted molar refractivity (Wildman–Crippen MR) is 122 cm³/mol. The number of rotatable bonds is 7. The molecule has 0 spiro atoms. The molecule has 0 atom stereocenters. The Balaban J connectivity index is 1.52. The molecule has 0 radical (unpaired) electrons. The lowest BCUT2D eigenvalue weighted by atomic mass is 10.1. The number of aromatic amines is 1. The molecule has 162 valence electrons. The van der Waals surface area contributed by atoms with E-state index in [1.807, 2.05) is 39.0 Å². The van der Waals surface area contributed by atoms with Crippen molar-refractivity contribution in [3.05, 3.63) is 69.3 Å². The third-order valence-electron chi connectivity index (χ3n) is 5.21. The Morgan fingerprint density at radius 3 is 2.48 bits per heavy atom. The molecule has 7 heteroatoms. The number of anilines is 1. The number of nitrogens with one attached hydrogen (secondary N) is 2. The maximum atomic E-state index is 12.4. The van der Waals surface area contributed by atoms with Gasteiger partial charge in [-0.1, -0.05) is 29.8 Å². The molecule has 1 heterocycles. The Morgan fingerprint density at radius 2 is 1.77 bits per heavy atom. The van der Waals surface area contributed by atoms with Crippen LogP contribution in [-0.2, 0) is 16.0 Å². The van der Waals surface area contributed by atoms with E-state index in [0.717, 1.165) is 22.4 Å². The van der Waals surface area contributed by atoms with E-state index in [9.17, 15) is 14.4 Å². The van der Waals surface area contributed by atoms with Crippen molar-refractivity contribution in [2.45, 2.75) is 40.0 Å². The van der Waals surface area contributed by atoms with Crippen LogP contribution >= 0.6 is 0 Å². The van der Waals surface area contributed by atoms with Crippen LogP contribution in [0.4, 0.5) is 5.69 Å². The molecule has 31 heavy (non-hydrogen) atoms. The Bertz CT molecular complexity index is 1160. The lowest BCUT2D eigenvalue weighted by molar-refractivity contribution is -0.133. The minimum Gasteiger partial charge on any atom is -0.336 e. The van der Waals surface area contributed by atoms with Crippen LogP contribution in [0.25, 0.3) is 10.9 Å². The van der Waals surface area contributed by atoms with E-state index in [0.29, 0.717) is 29.6 Å². The van der Waals surface area contributed by atoms with Gasteiger partial charge in [0.1, 0.15) is 5.82 Å². The van der Waals surface area contributed by atoms with Crippen LogP contribution < -0.4 is 10.9 Å². The van der Waals surface area contributed by atoms with Gasteiger partial charge in [0.2, 0.25) is 11.8 Å². The molecule has 3 aromatic rings. The summed E-state index contributed by atoms with van der Waals surface area (Å²) in [5.74, 6) is 0.198. The van der Waals surface area contributed by atoms with Crippen molar-refractivity contribution in [1.82, 2.24) is 14.9 Å². The Hall–Kier alpha value is -3.48. The summed E-state index contributed by atoms with van der Waals surface area (Å²) in [6.45, 7) is 5.91. The zero-order valence-electron chi connectivity index (χ0n) is 18.4. The van der Waals surface area contributed by atoms with Gasteiger partial charge in [-0.2, -0.15) is 0 Å². The first-order chi connectivity index (χ1) is 14.7. The molecule has 0 aliphatic carbocycles. The van der Waals surface area contributed by atoms with Gasteiger partial charge in [0.15, 0.2) is 0 Å². The molecule has 3 rings (SSSR count). The van der Waals surface area contributed by atoms with E-state index in [1.54, 1.807) is 25.2 Å². The number of fused-ring (bicyclic) bond motifs is 1. The quantitative estimate of drug-likeness (QED) is 0.613. The van der Waals surface area contributed by atoms with Crippen molar-refractivity contribution in [2.24, 2.45) is 0 Å². The van der Waals surface area contributed by atoms with Crippen molar-refractivity contribution in [2.75, 3.05) is 18.9 Å². The molecule has 0 bridgehead atoms. The van der Waals surface area contributed by atoms with Gasteiger partial charge in [-0.3, -0.25) is 14.4 Å². The molecule has 7 nitrogen and oxygen atoms in total. The third-order valence-corrected chi connectivity index (χ3v) is 5.21. The smallest absolute Gasteiger partial charge is 0.258 e. The number of H-pyrrole nitrogens is 1. The standard InChI is InChI=1S/C24H28N4O3/c1-15-12-16(2)23(17(3)13-15)27-21(29)14-28(4)22(30)11-7-10-20-25-19-9-6-5-8-18(19)24(31)26-20/h5-6,8-9,12-13H,7,10-11,14H2,1-4H3,(H,27,29)(H,25,26,31). The molecule has 0 fully saturated rings. The highest BCUT2D eigenvalue weighted by atomic mass is 16.2. The van der Waals surface area contributed by atoms with Crippen LogP contribution in [0, 0.1) is 20.8 Å². The number of hydrogen-bond donors (Lipinski definition) is 2. The van der Waals surface area contributed by atoms with Crippen LogP contribution in [0.3, 0.4) is 0 Å². The molecule has 1 aromatic heterocycles. The number of para-hydroxylation sites is 1. The summed E-state index contributed by atoms with van der Waals surface area (Å²) >= 11 is 0. The third kappa shape index (κ3) is 5.57. The number of amides is 2. The van der Waals surface area contributed by atoms with Crippen molar-refractivity contribution in [3.63, 3.8) is 0 Å². The number of carbonyl (C=O) groups is 2. The monoisotopic (exact) mass is 420 g/mol. The molecule has 2 N–H and O–H groups in total. The van der Waals surface area contributed by atoms with Gasteiger partial charge in [-0.05, 0) is 50.5 Å². The minimum atomic E-state index is -0.230. The number of benzene rings is 2. The van der Waals surface area contributed by atoms with Gasteiger partial charge in [-0.25, -0.2) is 4.98 Å². The largest absolute Gasteiger partial charge is 0.336 e. The normalized spacial score (nSPS) is 10.8. The van der Waals surface area contributed by atoms with E-state index in [1.165, 1.54) is 4.90 Å². The van der Waals surface area contributed by atoms with Gasteiger partial charge in [0.25, 0.3) is 5.56 Å². The van der Waals surface area contributed by atoms with E-state index in [-0.39, 0.29) is 30.3 Å². The topological polar surface area (TPSA) is 95.2 Å². The number of aromatic nitrogens is 2. The van der Waals surface area contributed by atoms with E-state index in [2.05, 4.69) is 15.3 Å². The first-order valence-electron chi connectivity index (χ1n) is 10.3. The highest BCUT2D eigenvalue weighted by Crippen LogP contribution is 2.21. The molecule has 0 saturated carbocycles. The minimum absolute atomic E-state index is 0.0172. The SMILES string of the molecule is Cc1cc(C)c(NC(=O)CN(C)C(=O)CCCc2nc3ccccc3c(=O)[nH]2)c(C)c1. The first kappa shape index (κ1) is 22.2. The molecule has 0 aliphatic rings. The molecule has 0 saturated heterocycles. The summed E-state index contributed by atoms with van der Waals surface area (Å²) in [5.41, 5.74) is 4.39. The fraction of sp³-hybridized carbons (Fsp3) is 0.333. The lowest BCUT2D eigenvalue weighted by Gasteiger charge is -2.18. The molecule has 2 aromatic carbocycles. The van der Waals surface area contributed by atoms with E-state index >= 15 is 0 Å². The van der Waals surface area contributed by atoms with Gasteiger partial charge in [0.05, 0.1) is 17.4 Å². The summed E-state index contributed by atoms with van der Waals surface area (Å²) in [5, 5.41) is 3.46. The molecule has 0 unspecified atom stereocenters. The van der Waals surface area contributed by atoms with E-state index in [4.69, 9.17) is 0 Å². The maximum absolute atomic E-state index is 12.4. The second kappa shape index (κ2) is 9.55. The number of aryl methyl sites for hydroxylation is 4. The fourth-order valence-corrected chi connectivity index (χ4v) is 3.71.